The van der Waals surface area contributed by atoms with Crippen LogP contribution in [0.15, 0.2) is 106 Å². The molecule has 1 atom stereocenters. The lowest BCUT2D eigenvalue weighted by Crippen LogP contribution is -2.19. The molecule has 0 aliphatic heterocycles. The third kappa shape index (κ3) is 6.53. The minimum Gasteiger partial charge on any atom is -0.497 e. The van der Waals surface area contributed by atoms with Gasteiger partial charge in [-0.3, -0.25) is 9.59 Å². The largest absolute Gasteiger partial charge is 0.497 e. The summed E-state index contributed by atoms with van der Waals surface area (Å²) in [7, 11) is 1.55. The van der Waals surface area contributed by atoms with Crippen LogP contribution >= 0.6 is 27.7 Å². The fraction of sp³-hybridized carbons (Fsp3) is 0.0714. The number of halogens is 2. The van der Waals surface area contributed by atoms with Crippen LogP contribution < -0.4 is 15.4 Å². The van der Waals surface area contributed by atoms with Crippen molar-refractivity contribution in [1.29, 1.82) is 0 Å². The molecule has 36 heavy (non-hydrogen) atoms. The van der Waals surface area contributed by atoms with Crippen molar-refractivity contribution in [3.05, 3.63) is 118 Å². The molecular formula is C28H22BrFN2O3S. The molecule has 0 bridgehead atoms. The first kappa shape index (κ1) is 25.5. The summed E-state index contributed by atoms with van der Waals surface area (Å²) < 4.78 is 20.1. The van der Waals surface area contributed by atoms with Gasteiger partial charge in [-0.2, -0.15) is 0 Å². The lowest BCUT2D eigenvalue weighted by Gasteiger charge is -2.18. The molecule has 182 valence electrons. The van der Waals surface area contributed by atoms with Crippen LogP contribution in [-0.4, -0.2) is 18.9 Å². The maximum atomic E-state index is 14.3. The van der Waals surface area contributed by atoms with Crippen molar-refractivity contribution >= 4 is 50.9 Å². The molecule has 0 saturated carbocycles. The van der Waals surface area contributed by atoms with E-state index < -0.39 is 11.1 Å². The minimum atomic E-state index is -0.619. The Hall–Kier alpha value is -3.62. The molecule has 0 heterocycles. The van der Waals surface area contributed by atoms with Gasteiger partial charge >= 0.3 is 0 Å². The first-order valence-electron chi connectivity index (χ1n) is 11.0. The summed E-state index contributed by atoms with van der Waals surface area (Å²) >= 11 is 4.56. The summed E-state index contributed by atoms with van der Waals surface area (Å²) in [5.41, 5.74) is 1.99. The van der Waals surface area contributed by atoms with Gasteiger partial charge in [-0.25, -0.2) is 4.39 Å². The van der Waals surface area contributed by atoms with Crippen molar-refractivity contribution < 1.29 is 18.7 Å². The summed E-state index contributed by atoms with van der Waals surface area (Å²) in [6.45, 7) is 0. The number of carbonyl (C=O) groups is 2. The van der Waals surface area contributed by atoms with Crippen molar-refractivity contribution in [2.45, 2.75) is 10.1 Å². The van der Waals surface area contributed by atoms with E-state index in [4.69, 9.17) is 4.74 Å². The Morgan fingerprint density at radius 2 is 1.64 bits per heavy atom. The highest BCUT2D eigenvalue weighted by atomic mass is 79.9. The zero-order valence-electron chi connectivity index (χ0n) is 19.2. The molecule has 0 aromatic heterocycles. The van der Waals surface area contributed by atoms with Crippen molar-refractivity contribution in [2.75, 3.05) is 17.7 Å². The van der Waals surface area contributed by atoms with Crippen molar-refractivity contribution in [3.8, 4) is 5.75 Å². The van der Waals surface area contributed by atoms with Gasteiger partial charge in [-0.1, -0.05) is 52.3 Å². The van der Waals surface area contributed by atoms with E-state index in [1.807, 2.05) is 42.5 Å². The van der Waals surface area contributed by atoms with Gasteiger partial charge in [0.1, 0.15) is 16.8 Å². The normalized spacial score (nSPS) is 11.4. The van der Waals surface area contributed by atoms with Gasteiger partial charge in [0.25, 0.3) is 5.91 Å². The van der Waals surface area contributed by atoms with Crippen LogP contribution in [0.2, 0.25) is 0 Å². The second-order valence-electron chi connectivity index (χ2n) is 7.73. The molecule has 4 aromatic carbocycles. The summed E-state index contributed by atoms with van der Waals surface area (Å²) in [5, 5.41) is 4.94. The number of hydrogen-bond acceptors (Lipinski definition) is 4. The van der Waals surface area contributed by atoms with Gasteiger partial charge in [0.15, 0.2) is 0 Å². The smallest absolute Gasteiger partial charge is 0.255 e. The predicted octanol–water partition coefficient (Wildman–Crippen LogP) is 7.32. The standard InChI is InChI=1S/C28H22BrFN2O3S/c1-35-22-9-5-8-19(16-22)27(33)31-21-11-13-23(14-12-21)36-26(18-6-3-2-4-7-18)28(34)32-25-15-10-20(29)17-24(25)30/h2-17,26H,1H3,(H,31,33)(H,32,34). The van der Waals surface area contributed by atoms with Gasteiger partial charge < -0.3 is 15.4 Å². The average molecular weight is 565 g/mol. The van der Waals surface area contributed by atoms with Crippen LogP contribution in [0.1, 0.15) is 21.2 Å². The number of rotatable bonds is 8. The molecule has 0 saturated heterocycles. The van der Waals surface area contributed by atoms with Crippen molar-refractivity contribution in [3.63, 3.8) is 0 Å². The second kappa shape index (κ2) is 11.9. The fourth-order valence-corrected chi connectivity index (χ4v) is 4.77. The van der Waals surface area contributed by atoms with E-state index in [1.165, 1.54) is 23.9 Å². The first-order valence-corrected chi connectivity index (χ1v) is 12.6. The van der Waals surface area contributed by atoms with E-state index in [0.717, 1.165) is 10.5 Å². The SMILES string of the molecule is COc1cccc(C(=O)Nc2ccc(SC(C(=O)Nc3ccc(Br)cc3F)c3ccccc3)cc2)c1. The monoisotopic (exact) mass is 564 g/mol. The van der Waals surface area contributed by atoms with Crippen molar-refractivity contribution in [2.24, 2.45) is 0 Å². The van der Waals surface area contributed by atoms with Crippen LogP contribution in [0.5, 0.6) is 5.75 Å². The maximum absolute atomic E-state index is 14.3. The molecule has 0 aliphatic carbocycles. The lowest BCUT2D eigenvalue weighted by molar-refractivity contribution is -0.115. The van der Waals surface area contributed by atoms with Gasteiger partial charge in [0, 0.05) is 20.6 Å². The molecular weight excluding hydrogens is 543 g/mol. The molecule has 5 nitrogen and oxygen atoms in total. The molecule has 2 amide bonds. The third-order valence-electron chi connectivity index (χ3n) is 5.23. The predicted molar refractivity (Wildman–Crippen MR) is 145 cm³/mol. The molecule has 8 heteroatoms. The Morgan fingerprint density at radius 1 is 0.889 bits per heavy atom. The van der Waals surface area contributed by atoms with E-state index in [-0.39, 0.29) is 17.5 Å². The van der Waals surface area contributed by atoms with Gasteiger partial charge in [0.2, 0.25) is 5.91 Å². The topological polar surface area (TPSA) is 67.4 Å². The highest BCUT2D eigenvalue weighted by Gasteiger charge is 2.23. The number of methoxy groups -OCH3 is 1. The Bertz CT molecular complexity index is 1370. The van der Waals surface area contributed by atoms with E-state index in [0.29, 0.717) is 21.5 Å². The van der Waals surface area contributed by atoms with Gasteiger partial charge in [0.05, 0.1) is 12.8 Å². The molecule has 1 unspecified atom stereocenters. The Kier molecular flexibility index (Phi) is 8.40. The van der Waals surface area contributed by atoms with E-state index in [9.17, 15) is 14.0 Å². The highest BCUT2D eigenvalue weighted by Crippen LogP contribution is 2.37. The fourth-order valence-electron chi connectivity index (χ4n) is 3.41. The Balaban J connectivity index is 1.49. The van der Waals surface area contributed by atoms with Crippen LogP contribution in [0.4, 0.5) is 15.8 Å². The van der Waals surface area contributed by atoms with Crippen LogP contribution in [0, 0.1) is 5.82 Å². The highest BCUT2D eigenvalue weighted by molar-refractivity contribution is 9.10. The Morgan fingerprint density at radius 3 is 2.33 bits per heavy atom. The molecule has 0 radical (unpaired) electrons. The minimum absolute atomic E-state index is 0.111. The first-order chi connectivity index (χ1) is 17.4. The third-order valence-corrected chi connectivity index (χ3v) is 6.99. The molecule has 0 aliphatic rings. The summed E-state index contributed by atoms with van der Waals surface area (Å²) in [6.07, 6.45) is 0. The van der Waals surface area contributed by atoms with Crippen LogP contribution in [0.25, 0.3) is 0 Å². The zero-order valence-corrected chi connectivity index (χ0v) is 21.6. The van der Waals surface area contributed by atoms with E-state index in [1.54, 1.807) is 49.6 Å². The summed E-state index contributed by atoms with van der Waals surface area (Å²) in [5.74, 6) is -0.525. The summed E-state index contributed by atoms with van der Waals surface area (Å²) in [4.78, 5) is 26.6. The Labute approximate surface area is 221 Å². The van der Waals surface area contributed by atoms with E-state index in [2.05, 4.69) is 26.6 Å². The number of anilines is 2. The second-order valence-corrected chi connectivity index (χ2v) is 9.83. The molecule has 0 spiro atoms. The number of thioether (sulfide) groups is 1. The van der Waals surface area contributed by atoms with Crippen LogP contribution in [0.3, 0.4) is 0 Å². The molecule has 4 aromatic rings. The van der Waals surface area contributed by atoms with Gasteiger partial charge in [-0.05, 0) is 66.2 Å². The lowest BCUT2D eigenvalue weighted by atomic mass is 10.1. The average Bonchev–Trinajstić information content (AvgIpc) is 2.90. The zero-order chi connectivity index (χ0) is 25.5. The molecule has 4 rings (SSSR count). The number of hydrogen-bond donors (Lipinski definition) is 2. The van der Waals surface area contributed by atoms with E-state index >= 15 is 0 Å². The quantitative estimate of drug-likeness (QED) is 0.220. The number of carbonyl (C=O) groups excluding carboxylic acids is 2. The number of amides is 2. The number of benzene rings is 4. The van der Waals surface area contributed by atoms with Crippen molar-refractivity contribution in [1.82, 2.24) is 0 Å². The number of nitrogens with one attached hydrogen (secondary N) is 2. The molecule has 0 fully saturated rings. The molecule has 2 N–H and O–H groups in total. The van der Waals surface area contributed by atoms with Crippen LogP contribution in [-0.2, 0) is 4.79 Å². The van der Waals surface area contributed by atoms with Gasteiger partial charge in [-0.15, -0.1) is 11.8 Å². The summed E-state index contributed by atoms with van der Waals surface area (Å²) in [6, 6.07) is 27.9. The number of ether oxygens (including phenoxy) is 1. The maximum Gasteiger partial charge on any atom is 0.255 e.